The number of aromatic nitrogens is 2. The molecule has 0 saturated heterocycles. The predicted molar refractivity (Wildman–Crippen MR) is 124 cm³/mol. The van der Waals surface area contributed by atoms with E-state index >= 15 is 0 Å². The fraction of sp³-hybridized carbons (Fsp3) is 0.160. The Balaban J connectivity index is 1.20. The number of oxazole rings is 1. The zero-order valence-electron chi connectivity index (χ0n) is 17.0. The summed E-state index contributed by atoms with van der Waals surface area (Å²) >= 11 is 1.74. The van der Waals surface area contributed by atoms with Gasteiger partial charge in [-0.25, -0.2) is 4.98 Å². The van der Waals surface area contributed by atoms with Crippen LogP contribution in [-0.2, 0) is 17.0 Å². The molecule has 0 fully saturated rings. The third-order valence-electron chi connectivity index (χ3n) is 4.67. The molecule has 0 atom stereocenters. The van der Waals surface area contributed by atoms with Crippen LogP contribution < -0.4 is 5.32 Å². The van der Waals surface area contributed by atoms with Crippen molar-refractivity contribution in [1.29, 1.82) is 0 Å². The minimum absolute atomic E-state index is 0.00870. The average molecular weight is 430 g/mol. The summed E-state index contributed by atoms with van der Waals surface area (Å²) in [6.45, 7) is 0. The van der Waals surface area contributed by atoms with Crippen molar-refractivity contribution >= 4 is 23.4 Å². The number of thioether (sulfide) groups is 1. The van der Waals surface area contributed by atoms with Crippen LogP contribution in [0.2, 0.25) is 0 Å². The van der Waals surface area contributed by atoms with E-state index in [1.165, 1.54) is 5.56 Å². The number of nitrogens with one attached hydrogen (secondary N) is 1. The normalized spacial score (nSPS) is 10.7. The van der Waals surface area contributed by atoms with Crippen molar-refractivity contribution in [2.75, 3.05) is 5.32 Å². The molecule has 2 aromatic heterocycles. The fourth-order valence-electron chi connectivity index (χ4n) is 3.07. The highest BCUT2D eigenvalue weighted by atomic mass is 32.2. The maximum Gasteiger partial charge on any atom is 0.224 e. The van der Waals surface area contributed by atoms with Gasteiger partial charge in [0, 0.05) is 47.1 Å². The second kappa shape index (κ2) is 10.6. The number of hydrogen-bond donors (Lipinski definition) is 1. The third kappa shape index (κ3) is 6.30. The number of amides is 1. The summed E-state index contributed by atoms with van der Waals surface area (Å²) in [4.78, 5) is 21.9. The Morgan fingerprint density at radius 3 is 2.58 bits per heavy atom. The van der Waals surface area contributed by atoms with Crippen LogP contribution in [0.4, 0.5) is 5.69 Å². The van der Waals surface area contributed by atoms with Crippen molar-refractivity contribution in [3.8, 4) is 11.3 Å². The Kier molecular flexibility index (Phi) is 7.13. The summed E-state index contributed by atoms with van der Waals surface area (Å²) in [5.74, 6) is 2.26. The Morgan fingerprint density at radius 1 is 0.968 bits per heavy atom. The average Bonchev–Trinajstić information content (AvgIpc) is 3.29. The van der Waals surface area contributed by atoms with Crippen LogP contribution >= 0.6 is 11.8 Å². The maximum atomic E-state index is 12.3. The molecule has 0 saturated carbocycles. The first-order chi connectivity index (χ1) is 15.3. The molecule has 156 valence electrons. The first-order valence-corrected chi connectivity index (χ1v) is 11.2. The lowest BCUT2D eigenvalue weighted by Gasteiger charge is -2.06. The highest BCUT2D eigenvalue weighted by molar-refractivity contribution is 7.98. The van der Waals surface area contributed by atoms with Gasteiger partial charge in [0.2, 0.25) is 5.91 Å². The summed E-state index contributed by atoms with van der Waals surface area (Å²) in [7, 11) is 0. The number of anilines is 1. The van der Waals surface area contributed by atoms with Crippen LogP contribution in [-0.4, -0.2) is 15.9 Å². The lowest BCUT2D eigenvalue weighted by Crippen LogP contribution is -2.11. The van der Waals surface area contributed by atoms with E-state index in [0.717, 1.165) is 27.7 Å². The summed E-state index contributed by atoms with van der Waals surface area (Å²) in [6.07, 6.45) is 7.12. The molecule has 6 heteroatoms. The van der Waals surface area contributed by atoms with E-state index in [0.29, 0.717) is 25.2 Å². The number of hydrogen-bond acceptors (Lipinski definition) is 5. The molecule has 0 aliphatic heterocycles. The summed E-state index contributed by atoms with van der Waals surface area (Å²) in [5, 5.41) is 2.95. The second-order valence-corrected chi connectivity index (χ2v) is 8.11. The van der Waals surface area contributed by atoms with Crippen molar-refractivity contribution in [2.45, 2.75) is 29.9 Å². The highest BCUT2D eigenvalue weighted by Crippen LogP contribution is 2.24. The van der Waals surface area contributed by atoms with E-state index in [1.807, 2.05) is 66.9 Å². The number of carbonyl (C=O) groups is 1. The van der Waals surface area contributed by atoms with Crippen LogP contribution in [0.3, 0.4) is 0 Å². The molecule has 4 aromatic rings. The van der Waals surface area contributed by atoms with Crippen LogP contribution in [0.1, 0.15) is 24.3 Å². The molecule has 1 N–H and O–H groups in total. The molecule has 0 radical (unpaired) electrons. The van der Waals surface area contributed by atoms with Gasteiger partial charge in [-0.1, -0.05) is 36.4 Å². The maximum absolute atomic E-state index is 12.3. The molecule has 0 bridgehead atoms. The highest BCUT2D eigenvalue weighted by Gasteiger charge is 2.08. The number of pyridine rings is 1. The number of benzene rings is 2. The van der Waals surface area contributed by atoms with Crippen molar-refractivity contribution in [2.24, 2.45) is 0 Å². The van der Waals surface area contributed by atoms with Gasteiger partial charge < -0.3 is 9.73 Å². The molecule has 4 rings (SSSR count). The van der Waals surface area contributed by atoms with Gasteiger partial charge in [-0.05, 0) is 42.3 Å². The Bertz CT molecular complexity index is 1100. The molecule has 0 aliphatic carbocycles. The van der Waals surface area contributed by atoms with Gasteiger partial charge in [0.15, 0.2) is 11.7 Å². The molecular formula is C25H23N3O2S. The first kappa shape index (κ1) is 20.9. The zero-order valence-corrected chi connectivity index (χ0v) is 17.8. The summed E-state index contributed by atoms with van der Waals surface area (Å²) in [6, 6.07) is 21.8. The monoisotopic (exact) mass is 429 g/mol. The molecule has 1 amide bonds. The van der Waals surface area contributed by atoms with Crippen LogP contribution in [0.5, 0.6) is 0 Å². The number of carbonyl (C=O) groups excluding carboxylic acids is 1. The van der Waals surface area contributed by atoms with Gasteiger partial charge in [-0.3, -0.25) is 9.78 Å². The molecule has 2 heterocycles. The largest absolute Gasteiger partial charge is 0.441 e. The van der Waals surface area contributed by atoms with Crippen LogP contribution in [0, 0.1) is 0 Å². The fourth-order valence-corrected chi connectivity index (χ4v) is 3.90. The van der Waals surface area contributed by atoms with Gasteiger partial charge in [0.25, 0.3) is 0 Å². The molecular weight excluding hydrogens is 406 g/mol. The minimum atomic E-state index is -0.00870. The minimum Gasteiger partial charge on any atom is -0.441 e. The Morgan fingerprint density at radius 2 is 1.81 bits per heavy atom. The van der Waals surface area contributed by atoms with E-state index in [2.05, 4.69) is 21.4 Å². The van der Waals surface area contributed by atoms with Crippen molar-refractivity contribution in [3.05, 3.63) is 96.8 Å². The van der Waals surface area contributed by atoms with E-state index < -0.39 is 0 Å². The van der Waals surface area contributed by atoms with E-state index in [9.17, 15) is 4.79 Å². The number of aryl methyl sites for hydroxylation is 1. The summed E-state index contributed by atoms with van der Waals surface area (Å²) < 4.78 is 5.79. The first-order valence-electron chi connectivity index (χ1n) is 10.2. The number of rotatable bonds is 9. The standard InChI is InChI=1S/C25H23N3O2S/c29-24(9-4-10-25-27-17-23(30-25)20-7-2-1-3-8-20)28-21-11-13-22(14-12-21)31-18-19-6-5-15-26-16-19/h1-3,5-8,11-17H,4,9-10,18H2,(H,28,29). The molecule has 0 aliphatic rings. The van der Waals surface area contributed by atoms with Crippen LogP contribution in [0.25, 0.3) is 11.3 Å². The van der Waals surface area contributed by atoms with E-state index in [1.54, 1.807) is 24.2 Å². The van der Waals surface area contributed by atoms with Crippen molar-refractivity contribution in [1.82, 2.24) is 9.97 Å². The molecule has 2 aromatic carbocycles. The number of nitrogens with zero attached hydrogens (tertiary/aromatic N) is 2. The van der Waals surface area contributed by atoms with Gasteiger partial charge in [-0.15, -0.1) is 11.8 Å². The Hall–Kier alpha value is -3.38. The van der Waals surface area contributed by atoms with E-state index in [-0.39, 0.29) is 5.91 Å². The smallest absolute Gasteiger partial charge is 0.224 e. The van der Waals surface area contributed by atoms with Gasteiger partial charge >= 0.3 is 0 Å². The van der Waals surface area contributed by atoms with Gasteiger partial charge in [0.1, 0.15) is 0 Å². The Labute approximate surface area is 185 Å². The van der Waals surface area contributed by atoms with Crippen molar-refractivity contribution in [3.63, 3.8) is 0 Å². The van der Waals surface area contributed by atoms with E-state index in [4.69, 9.17) is 4.42 Å². The lowest BCUT2D eigenvalue weighted by atomic mass is 10.2. The molecule has 0 unspecified atom stereocenters. The second-order valence-electron chi connectivity index (χ2n) is 7.06. The third-order valence-corrected chi connectivity index (χ3v) is 5.76. The molecule has 0 spiro atoms. The quantitative estimate of drug-likeness (QED) is 0.331. The van der Waals surface area contributed by atoms with Gasteiger partial charge in [0.05, 0.1) is 6.20 Å². The molecule has 5 nitrogen and oxygen atoms in total. The summed E-state index contributed by atoms with van der Waals surface area (Å²) in [5.41, 5.74) is 2.99. The van der Waals surface area contributed by atoms with Crippen molar-refractivity contribution < 1.29 is 9.21 Å². The molecule has 31 heavy (non-hydrogen) atoms. The SMILES string of the molecule is O=C(CCCc1ncc(-c2ccccc2)o1)Nc1ccc(SCc2cccnc2)cc1. The lowest BCUT2D eigenvalue weighted by molar-refractivity contribution is -0.116. The zero-order chi connectivity index (χ0) is 21.3. The predicted octanol–water partition coefficient (Wildman–Crippen LogP) is 5.99. The van der Waals surface area contributed by atoms with Gasteiger partial charge in [-0.2, -0.15) is 0 Å². The topological polar surface area (TPSA) is 68.0 Å². The van der Waals surface area contributed by atoms with Crippen LogP contribution in [0.15, 0.2) is 94.6 Å².